The van der Waals surface area contributed by atoms with Gasteiger partial charge in [-0.05, 0) is 77.0 Å². The summed E-state index contributed by atoms with van der Waals surface area (Å²) >= 11 is 0. The number of hydrogen-bond acceptors (Lipinski definition) is 10. The number of esters is 1. The number of unbranched alkanes of at least 4 members (excludes halogenated alkanes) is 35. The first-order chi connectivity index (χ1) is 37.2. The third-order valence-electron chi connectivity index (χ3n) is 14.9. The van der Waals surface area contributed by atoms with Crippen LogP contribution in [0.5, 0.6) is 0 Å². The van der Waals surface area contributed by atoms with Gasteiger partial charge in [0.15, 0.2) is 6.29 Å². The number of aliphatic hydroxyl groups is 5. The van der Waals surface area contributed by atoms with Crippen LogP contribution in [0, 0.1) is 0 Å². The Morgan fingerprint density at radius 3 is 1.38 bits per heavy atom. The average molecular weight is 1070 g/mol. The molecule has 7 atom stereocenters. The van der Waals surface area contributed by atoms with Crippen molar-refractivity contribution in [2.24, 2.45) is 0 Å². The van der Waals surface area contributed by atoms with Gasteiger partial charge >= 0.3 is 5.97 Å². The molecule has 1 saturated heterocycles. The van der Waals surface area contributed by atoms with E-state index in [9.17, 15) is 35.1 Å². The molecular weight excluding hydrogens is 955 g/mol. The van der Waals surface area contributed by atoms with Gasteiger partial charge in [0, 0.05) is 12.8 Å². The highest BCUT2D eigenvalue weighted by molar-refractivity contribution is 5.76. The van der Waals surface area contributed by atoms with Crippen LogP contribution in [0.4, 0.5) is 0 Å². The summed E-state index contributed by atoms with van der Waals surface area (Å²) in [5.74, 6) is -0.201. The van der Waals surface area contributed by atoms with Crippen LogP contribution in [-0.2, 0) is 23.8 Å². The lowest BCUT2D eigenvalue weighted by atomic mass is 9.99. The molecule has 1 aliphatic heterocycles. The molecule has 0 aromatic rings. The Hall–Kier alpha value is -2.38. The highest BCUT2D eigenvalue weighted by Gasteiger charge is 2.44. The third-order valence-corrected chi connectivity index (χ3v) is 14.9. The minimum atomic E-state index is -1.58. The van der Waals surface area contributed by atoms with E-state index in [1.54, 1.807) is 6.08 Å². The second-order valence-electron chi connectivity index (χ2n) is 22.1. The van der Waals surface area contributed by atoms with Crippen molar-refractivity contribution in [2.75, 3.05) is 19.8 Å². The number of hydrogen-bond donors (Lipinski definition) is 6. The van der Waals surface area contributed by atoms with Gasteiger partial charge in [0.1, 0.15) is 24.4 Å². The summed E-state index contributed by atoms with van der Waals surface area (Å²) < 4.78 is 16.7. The van der Waals surface area contributed by atoms with Gasteiger partial charge in [0.2, 0.25) is 5.91 Å². The molecular formula is C65H119NO10. The van der Waals surface area contributed by atoms with Crippen molar-refractivity contribution in [1.29, 1.82) is 0 Å². The van der Waals surface area contributed by atoms with Crippen molar-refractivity contribution in [1.82, 2.24) is 5.32 Å². The lowest BCUT2D eigenvalue weighted by Gasteiger charge is -2.40. The summed E-state index contributed by atoms with van der Waals surface area (Å²) in [7, 11) is 0. The van der Waals surface area contributed by atoms with Crippen molar-refractivity contribution < 1.29 is 49.3 Å². The van der Waals surface area contributed by atoms with Crippen LogP contribution in [0.2, 0.25) is 0 Å². The lowest BCUT2D eigenvalue weighted by Crippen LogP contribution is -2.60. The average Bonchev–Trinajstić information content (AvgIpc) is 3.42. The molecule has 1 fully saturated rings. The molecule has 0 aromatic heterocycles. The Bertz CT molecular complexity index is 1400. The van der Waals surface area contributed by atoms with Crippen LogP contribution in [0.25, 0.3) is 0 Å². The second kappa shape index (κ2) is 54.6. The zero-order valence-electron chi connectivity index (χ0n) is 49.0. The van der Waals surface area contributed by atoms with Crippen LogP contribution in [0.15, 0.2) is 48.6 Å². The smallest absolute Gasteiger partial charge is 0.305 e. The molecule has 76 heavy (non-hydrogen) atoms. The molecule has 444 valence electrons. The van der Waals surface area contributed by atoms with Crippen LogP contribution >= 0.6 is 0 Å². The van der Waals surface area contributed by atoms with E-state index in [0.29, 0.717) is 19.4 Å². The first-order valence-electron chi connectivity index (χ1n) is 31.9. The summed E-state index contributed by atoms with van der Waals surface area (Å²) in [6.45, 7) is 4.31. The summed E-state index contributed by atoms with van der Waals surface area (Å²) in [6, 6.07) is -0.832. The molecule has 11 heteroatoms. The number of aliphatic hydroxyl groups excluding tert-OH is 5. The number of amides is 1. The molecule has 0 aromatic carbocycles. The van der Waals surface area contributed by atoms with Crippen LogP contribution in [-0.4, -0.2) is 100 Å². The van der Waals surface area contributed by atoms with Gasteiger partial charge in [-0.1, -0.05) is 249 Å². The normalized spacial score (nSPS) is 19.0. The van der Waals surface area contributed by atoms with E-state index in [1.165, 1.54) is 180 Å². The maximum Gasteiger partial charge on any atom is 0.305 e. The molecule has 7 unspecified atom stereocenters. The minimum absolute atomic E-state index is 0.00258. The predicted octanol–water partition coefficient (Wildman–Crippen LogP) is 15.2. The van der Waals surface area contributed by atoms with E-state index in [1.807, 2.05) is 6.08 Å². The quantitative estimate of drug-likeness (QED) is 0.0195. The molecule has 0 bridgehead atoms. The standard InChI is InChI=1S/C65H119NO10/c1-3-5-7-9-11-13-15-32-35-39-43-47-51-58(68)57(56-75-65-64(73)63(72)62(71)59(55-67)76-65)66-60(69)52-48-44-40-36-33-29-27-25-23-21-19-17-16-18-20-22-24-26-28-30-34-38-42-46-50-54-74-61(70)53-49-45-41-37-31-14-12-10-8-6-4-2/h17-20,32,35,47,51,57-59,62-65,67-68,71-73H,3-16,21-31,33-34,36-46,48-50,52-56H2,1-2H3,(H,66,69)/b19-17-,20-18-,35-32+,51-47+. The number of ether oxygens (including phenoxy) is 3. The summed E-state index contributed by atoms with van der Waals surface area (Å²) in [5, 5.41) is 54.3. The van der Waals surface area contributed by atoms with Gasteiger partial charge in [-0.2, -0.15) is 0 Å². The Balaban J connectivity index is 2.05. The Labute approximate surface area is 466 Å². The number of carbonyl (C=O) groups excluding carboxylic acids is 2. The van der Waals surface area contributed by atoms with Gasteiger partial charge < -0.3 is 45.1 Å². The minimum Gasteiger partial charge on any atom is -0.466 e. The fourth-order valence-corrected chi connectivity index (χ4v) is 9.83. The Morgan fingerprint density at radius 1 is 0.487 bits per heavy atom. The van der Waals surface area contributed by atoms with Crippen molar-refractivity contribution in [2.45, 2.75) is 333 Å². The first-order valence-corrected chi connectivity index (χ1v) is 31.9. The van der Waals surface area contributed by atoms with Crippen LogP contribution in [0.1, 0.15) is 290 Å². The van der Waals surface area contributed by atoms with Crippen LogP contribution < -0.4 is 5.32 Å². The van der Waals surface area contributed by atoms with Gasteiger partial charge in [0.25, 0.3) is 0 Å². The monoisotopic (exact) mass is 1070 g/mol. The molecule has 1 amide bonds. The number of allylic oxidation sites excluding steroid dienone is 7. The van der Waals surface area contributed by atoms with Gasteiger partial charge in [0.05, 0.1) is 32.0 Å². The number of rotatable bonds is 55. The Morgan fingerprint density at radius 2 is 0.895 bits per heavy atom. The maximum atomic E-state index is 13.0. The van der Waals surface area contributed by atoms with Crippen molar-refractivity contribution >= 4 is 11.9 Å². The zero-order chi connectivity index (χ0) is 55.2. The van der Waals surface area contributed by atoms with E-state index in [2.05, 4.69) is 55.6 Å². The largest absolute Gasteiger partial charge is 0.466 e. The molecule has 1 heterocycles. The van der Waals surface area contributed by atoms with Crippen molar-refractivity contribution in [3.63, 3.8) is 0 Å². The van der Waals surface area contributed by atoms with E-state index in [-0.39, 0.29) is 18.5 Å². The Kier molecular flexibility index (Phi) is 51.4. The molecule has 0 saturated carbocycles. The molecule has 1 aliphatic rings. The molecule has 1 rings (SSSR count). The summed E-state index contributed by atoms with van der Waals surface area (Å²) in [4.78, 5) is 25.0. The molecule has 0 aliphatic carbocycles. The lowest BCUT2D eigenvalue weighted by molar-refractivity contribution is -0.302. The fourth-order valence-electron chi connectivity index (χ4n) is 9.83. The molecule has 0 radical (unpaired) electrons. The highest BCUT2D eigenvalue weighted by atomic mass is 16.7. The topological polar surface area (TPSA) is 175 Å². The SMILES string of the molecule is CCCCCCCC/C=C/CC/C=C/C(O)C(COC1OC(CO)C(O)C(O)C1O)NC(=O)CCCCCCCCCCC/C=C\C/C=C\CCCCCCCCCCCOC(=O)CCCCCCCCCCCCC. The maximum absolute atomic E-state index is 13.0. The molecule has 0 spiro atoms. The fraction of sp³-hybridized carbons (Fsp3) is 0.846. The number of carbonyl (C=O) groups is 2. The van der Waals surface area contributed by atoms with Crippen LogP contribution in [0.3, 0.4) is 0 Å². The van der Waals surface area contributed by atoms with Gasteiger partial charge in [-0.15, -0.1) is 0 Å². The predicted molar refractivity (Wildman–Crippen MR) is 315 cm³/mol. The van der Waals surface area contributed by atoms with E-state index in [4.69, 9.17) is 14.2 Å². The third kappa shape index (κ3) is 43.5. The summed E-state index contributed by atoms with van der Waals surface area (Å²) in [6.07, 6.45) is 59.3. The first kappa shape index (κ1) is 71.6. The highest BCUT2D eigenvalue weighted by Crippen LogP contribution is 2.23. The number of nitrogens with one attached hydrogen (secondary N) is 1. The molecule has 6 N–H and O–H groups in total. The second-order valence-corrected chi connectivity index (χ2v) is 22.1. The molecule has 11 nitrogen and oxygen atoms in total. The van der Waals surface area contributed by atoms with E-state index < -0.39 is 49.5 Å². The van der Waals surface area contributed by atoms with E-state index >= 15 is 0 Å². The van der Waals surface area contributed by atoms with Gasteiger partial charge in [-0.25, -0.2) is 0 Å². The van der Waals surface area contributed by atoms with Crippen molar-refractivity contribution in [3.8, 4) is 0 Å². The van der Waals surface area contributed by atoms with E-state index in [0.717, 1.165) is 83.5 Å². The van der Waals surface area contributed by atoms with Gasteiger partial charge in [-0.3, -0.25) is 9.59 Å². The zero-order valence-corrected chi connectivity index (χ0v) is 49.0. The summed E-state index contributed by atoms with van der Waals surface area (Å²) in [5.41, 5.74) is 0. The van der Waals surface area contributed by atoms with Crippen molar-refractivity contribution in [3.05, 3.63) is 48.6 Å².